The maximum atomic E-state index is 12.3. The molecule has 1 heterocycles. The lowest BCUT2D eigenvalue weighted by Gasteiger charge is -2.21. The van der Waals surface area contributed by atoms with Crippen LogP contribution in [0.5, 0.6) is 0 Å². The predicted molar refractivity (Wildman–Crippen MR) is 106 cm³/mol. The van der Waals surface area contributed by atoms with Crippen molar-refractivity contribution >= 4 is 35.8 Å². The molecule has 0 radical (unpaired) electrons. The summed E-state index contributed by atoms with van der Waals surface area (Å²) in [5, 5.41) is 3.68. The van der Waals surface area contributed by atoms with Crippen molar-refractivity contribution in [2.24, 2.45) is 5.73 Å². The molecule has 0 unspecified atom stereocenters. The van der Waals surface area contributed by atoms with Gasteiger partial charge in [-0.25, -0.2) is 0 Å². The van der Waals surface area contributed by atoms with E-state index in [-0.39, 0.29) is 18.3 Å². The number of halogens is 1. The van der Waals surface area contributed by atoms with Gasteiger partial charge in [-0.05, 0) is 49.6 Å². The Hall–Kier alpha value is -1.43. The number of hydrogen-bond donors (Lipinski definition) is 2. The molecule has 6 heteroatoms. The molecule has 3 N–H and O–H groups in total. The van der Waals surface area contributed by atoms with Crippen LogP contribution in [0.15, 0.2) is 39.8 Å². The average Bonchev–Trinajstić information content (AvgIpc) is 3.07. The van der Waals surface area contributed by atoms with Crippen LogP contribution in [-0.2, 0) is 6.54 Å². The first-order valence-electron chi connectivity index (χ1n) is 8.52. The topological polar surface area (TPSA) is 68.3 Å². The monoisotopic (exact) mass is 380 g/mol. The van der Waals surface area contributed by atoms with Crippen LogP contribution in [0.2, 0.25) is 0 Å². The molecule has 136 valence electrons. The molecule has 3 rings (SSSR count). The van der Waals surface area contributed by atoms with Crippen LogP contribution in [0.1, 0.15) is 53.8 Å². The zero-order chi connectivity index (χ0) is 16.9. The molecule has 1 fully saturated rings. The SMILES string of the molecule is Cc1cc(SC2CCCCC2)ccc1NC(=O)c1coc(CN)c1.Cl. The van der Waals surface area contributed by atoms with Gasteiger partial charge < -0.3 is 15.5 Å². The normalized spacial score (nSPS) is 14.8. The summed E-state index contributed by atoms with van der Waals surface area (Å²) in [6.45, 7) is 2.32. The number of nitrogens with two attached hydrogens (primary N) is 1. The number of anilines is 1. The number of hydrogen-bond acceptors (Lipinski definition) is 4. The van der Waals surface area contributed by atoms with Gasteiger partial charge >= 0.3 is 0 Å². The molecule has 2 aromatic rings. The predicted octanol–water partition coefficient (Wildman–Crippen LogP) is 5.15. The van der Waals surface area contributed by atoms with Crippen LogP contribution in [0, 0.1) is 6.92 Å². The lowest BCUT2D eigenvalue weighted by molar-refractivity contribution is 0.102. The van der Waals surface area contributed by atoms with E-state index in [0.717, 1.165) is 16.5 Å². The van der Waals surface area contributed by atoms with Crippen molar-refractivity contribution in [3.8, 4) is 0 Å². The minimum Gasteiger partial charge on any atom is -0.467 e. The van der Waals surface area contributed by atoms with E-state index < -0.39 is 0 Å². The van der Waals surface area contributed by atoms with E-state index in [9.17, 15) is 4.79 Å². The first-order valence-corrected chi connectivity index (χ1v) is 9.40. The van der Waals surface area contributed by atoms with Crippen molar-refractivity contribution in [3.63, 3.8) is 0 Å². The number of rotatable bonds is 5. The van der Waals surface area contributed by atoms with Gasteiger partial charge in [0.2, 0.25) is 0 Å². The Labute approximate surface area is 159 Å². The second-order valence-electron chi connectivity index (χ2n) is 6.31. The highest BCUT2D eigenvalue weighted by atomic mass is 35.5. The summed E-state index contributed by atoms with van der Waals surface area (Å²) in [6.07, 6.45) is 8.14. The zero-order valence-corrected chi connectivity index (χ0v) is 16.1. The molecule has 1 aromatic carbocycles. The number of furan rings is 1. The van der Waals surface area contributed by atoms with E-state index in [1.165, 1.54) is 43.3 Å². The molecular weight excluding hydrogens is 356 g/mol. The summed E-state index contributed by atoms with van der Waals surface area (Å²) in [4.78, 5) is 13.6. The standard InChI is InChI=1S/C19H24N2O2S.ClH/c1-13-9-17(24-16-5-3-2-4-6-16)7-8-18(13)21-19(22)14-10-15(11-20)23-12-14;/h7-10,12,16H,2-6,11,20H2,1H3,(H,21,22);1H. The summed E-state index contributed by atoms with van der Waals surface area (Å²) in [5.74, 6) is 0.435. The van der Waals surface area contributed by atoms with Crippen molar-refractivity contribution in [1.29, 1.82) is 0 Å². The molecule has 0 aliphatic heterocycles. The summed E-state index contributed by atoms with van der Waals surface area (Å²) in [7, 11) is 0. The molecule has 0 spiro atoms. The van der Waals surface area contributed by atoms with Gasteiger partial charge in [0.1, 0.15) is 12.0 Å². The van der Waals surface area contributed by atoms with Crippen molar-refractivity contribution in [2.75, 3.05) is 5.32 Å². The van der Waals surface area contributed by atoms with Crippen LogP contribution in [0.25, 0.3) is 0 Å². The van der Waals surface area contributed by atoms with E-state index in [1.807, 2.05) is 24.8 Å². The number of thioether (sulfide) groups is 1. The third kappa shape index (κ3) is 5.27. The van der Waals surface area contributed by atoms with Crippen molar-refractivity contribution in [3.05, 3.63) is 47.4 Å². The van der Waals surface area contributed by atoms with Crippen LogP contribution in [0.4, 0.5) is 5.69 Å². The van der Waals surface area contributed by atoms with Crippen LogP contribution in [0.3, 0.4) is 0 Å². The van der Waals surface area contributed by atoms with Crippen molar-refractivity contribution in [1.82, 2.24) is 0 Å². The molecule has 0 atom stereocenters. The van der Waals surface area contributed by atoms with Gasteiger partial charge in [0, 0.05) is 15.8 Å². The molecule has 25 heavy (non-hydrogen) atoms. The lowest BCUT2D eigenvalue weighted by atomic mass is 10.0. The van der Waals surface area contributed by atoms with E-state index in [1.54, 1.807) is 6.07 Å². The van der Waals surface area contributed by atoms with Crippen molar-refractivity contribution < 1.29 is 9.21 Å². The second kappa shape index (κ2) is 9.32. The van der Waals surface area contributed by atoms with Gasteiger partial charge in [0.05, 0.1) is 12.1 Å². The number of nitrogens with one attached hydrogen (secondary N) is 1. The highest BCUT2D eigenvalue weighted by Crippen LogP contribution is 2.35. The van der Waals surface area contributed by atoms with Crippen LogP contribution in [-0.4, -0.2) is 11.2 Å². The Balaban J connectivity index is 0.00000225. The number of benzene rings is 1. The molecule has 1 amide bonds. The van der Waals surface area contributed by atoms with Crippen LogP contribution < -0.4 is 11.1 Å². The molecule has 0 saturated heterocycles. The van der Waals surface area contributed by atoms with Gasteiger partial charge in [-0.3, -0.25) is 4.79 Å². The van der Waals surface area contributed by atoms with E-state index >= 15 is 0 Å². The van der Waals surface area contributed by atoms with Crippen molar-refractivity contribution in [2.45, 2.75) is 55.7 Å². The summed E-state index contributed by atoms with van der Waals surface area (Å²) in [6, 6.07) is 7.93. The smallest absolute Gasteiger partial charge is 0.258 e. The largest absolute Gasteiger partial charge is 0.467 e. The van der Waals surface area contributed by atoms with Gasteiger partial charge in [0.25, 0.3) is 5.91 Å². The Kier molecular flexibility index (Phi) is 7.41. The number of carbonyl (C=O) groups excluding carboxylic acids is 1. The molecular formula is C19H25ClN2O2S. The molecule has 1 saturated carbocycles. The zero-order valence-electron chi connectivity index (χ0n) is 14.4. The molecule has 1 aliphatic rings. The van der Waals surface area contributed by atoms with Gasteiger partial charge in [-0.2, -0.15) is 0 Å². The third-order valence-electron chi connectivity index (χ3n) is 4.42. The van der Waals surface area contributed by atoms with E-state index in [2.05, 4.69) is 17.4 Å². The fourth-order valence-electron chi connectivity index (χ4n) is 3.03. The quantitative estimate of drug-likeness (QED) is 0.752. The highest BCUT2D eigenvalue weighted by molar-refractivity contribution is 8.00. The Morgan fingerprint density at radius 1 is 1.28 bits per heavy atom. The van der Waals surface area contributed by atoms with Gasteiger partial charge in [0.15, 0.2) is 0 Å². The Morgan fingerprint density at radius 3 is 2.68 bits per heavy atom. The van der Waals surface area contributed by atoms with E-state index in [4.69, 9.17) is 10.2 Å². The fourth-order valence-corrected chi connectivity index (χ4v) is 4.37. The summed E-state index contributed by atoms with van der Waals surface area (Å²) >= 11 is 1.97. The second-order valence-corrected chi connectivity index (χ2v) is 7.69. The minimum absolute atomic E-state index is 0. The maximum Gasteiger partial charge on any atom is 0.258 e. The average molecular weight is 381 g/mol. The number of aryl methyl sites for hydroxylation is 1. The first-order chi connectivity index (χ1) is 11.7. The van der Waals surface area contributed by atoms with Crippen LogP contribution >= 0.6 is 24.2 Å². The molecule has 1 aliphatic carbocycles. The molecule has 0 bridgehead atoms. The minimum atomic E-state index is -0.172. The number of amides is 1. The summed E-state index contributed by atoms with van der Waals surface area (Å²) < 4.78 is 5.22. The maximum absolute atomic E-state index is 12.3. The first kappa shape index (κ1) is 19.9. The van der Waals surface area contributed by atoms with Gasteiger partial charge in [-0.1, -0.05) is 19.3 Å². The highest BCUT2D eigenvalue weighted by Gasteiger charge is 2.16. The van der Waals surface area contributed by atoms with Gasteiger partial charge in [-0.15, -0.1) is 24.2 Å². The molecule has 1 aromatic heterocycles. The number of carbonyl (C=O) groups is 1. The Bertz CT molecular complexity index is 711. The fraction of sp³-hybridized carbons (Fsp3) is 0.421. The summed E-state index contributed by atoms with van der Waals surface area (Å²) in [5.41, 5.74) is 7.91. The third-order valence-corrected chi connectivity index (χ3v) is 5.75. The van der Waals surface area contributed by atoms with E-state index in [0.29, 0.717) is 17.9 Å². The molecule has 4 nitrogen and oxygen atoms in total. The lowest BCUT2D eigenvalue weighted by Crippen LogP contribution is -2.12. The Morgan fingerprint density at radius 2 is 2.04 bits per heavy atom.